The van der Waals surface area contributed by atoms with Gasteiger partial charge in [0.05, 0.1) is 12.5 Å². The van der Waals surface area contributed by atoms with E-state index in [1.807, 2.05) is 26.8 Å². The number of amides is 1. The van der Waals surface area contributed by atoms with Crippen molar-refractivity contribution in [3.05, 3.63) is 58.1 Å². The molecule has 0 unspecified atom stereocenters. The molecule has 7 heteroatoms. The first-order valence-corrected chi connectivity index (χ1v) is 9.52. The molecule has 6 nitrogen and oxygen atoms in total. The zero-order chi connectivity index (χ0) is 21.4. The first-order chi connectivity index (χ1) is 13.8. The van der Waals surface area contributed by atoms with Gasteiger partial charge in [0.25, 0.3) is 5.91 Å². The second-order valence-electron chi connectivity index (χ2n) is 6.82. The first-order valence-electron chi connectivity index (χ1n) is 9.14. The van der Waals surface area contributed by atoms with Crippen molar-refractivity contribution in [2.24, 2.45) is 0 Å². The van der Waals surface area contributed by atoms with Gasteiger partial charge in [0.1, 0.15) is 5.75 Å². The SMILES string of the molecule is Cc1cc(OCC(=O)OCC(=O)Nc2ccc(CC#N)cc2)c(C(C)C)cc1Cl. The number of nitrogens with one attached hydrogen (secondary N) is 1. The van der Waals surface area contributed by atoms with Crippen molar-refractivity contribution in [1.29, 1.82) is 5.26 Å². The predicted molar refractivity (Wildman–Crippen MR) is 111 cm³/mol. The number of benzene rings is 2. The molecule has 2 aromatic carbocycles. The molecule has 0 atom stereocenters. The Bertz CT molecular complexity index is 918. The molecule has 2 aromatic rings. The molecule has 1 N–H and O–H groups in total. The number of esters is 1. The van der Waals surface area contributed by atoms with Crippen LogP contribution in [0.25, 0.3) is 0 Å². The lowest BCUT2D eigenvalue weighted by atomic mass is 10.0. The van der Waals surface area contributed by atoms with Gasteiger partial charge in [-0.15, -0.1) is 0 Å². The second kappa shape index (κ2) is 10.5. The van der Waals surface area contributed by atoms with Crippen molar-refractivity contribution in [3.63, 3.8) is 0 Å². The molecule has 0 saturated carbocycles. The van der Waals surface area contributed by atoms with Gasteiger partial charge in [0.15, 0.2) is 13.2 Å². The molecule has 0 fully saturated rings. The molecule has 0 aromatic heterocycles. The summed E-state index contributed by atoms with van der Waals surface area (Å²) in [7, 11) is 0. The van der Waals surface area contributed by atoms with Gasteiger partial charge in [-0.3, -0.25) is 4.79 Å². The molecule has 29 heavy (non-hydrogen) atoms. The maximum absolute atomic E-state index is 11.9. The van der Waals surface area contributed by atoms with Gasteiger partial charge in [0, 0.05) is 10.7 Å². The van der Waals surface area contributed by atoms with Crippen LogP contribution in [0.2, 0.25) is 5.02 Å². The average molecular weight is 415 g/mol. The van der Waals surface area contributed by atoms with Crippen molar-refractivity contribution in [1.82, 2.24) is 0 Å². The van der Waals surface area contributed by atoms with Crippen molar-refractivity contribution in [2.75, 3.05) is 18.5 Å². The van der Waals surface area contributed by atoms with Crippen LogP contribution in [0.15, 0.2) is 36.4 Å². The number of hydrogen-bond donors (Lipinski definition) is 1. The number of rotatable bonds is 8. The van der Waals surface area contributed by atoms with Crippen LogP contribution in [-0.4, -0.2) is 25.1 Å². The van der Waals surface area contributed by atoms with Crippen LogP contribution >= 0.6 is 11.6 Å². The van der Waals surface area contributed by atoms with Gasteiger partial charge in [0.2, 0.25) is 0 Å². The summed E-state index contributed by atoms with van der Waals surface area (Å²) in [6.07, 6.45) is 0.303. The fraction of sp³-hybridized carbons (Fsp3) is 0.318. The standard InChI is InChI=1S/C22H23ClN2O4/c1-14(2)18-11-19(23)15(3)10-20(18)28-13-22(27)29-12-21(26)25-17-6-4-16(5-7-17)8-9-24/h4-7,10-11,14H,8,12-13H2,1-3H3,(H,25,26). The van der Waals surface area contributed by atoms with E-state index in [9.17, 15) is 9.59 Å². The largest absolute Gasteiger partial charge is 0.482 e. The minimum atomic E-state index is -0.646. The molecule has 0 spiro atoms. The van der Waals surface area contributed by atoms with Crippen LogP contribution < -0.4 is 10.1 Å². The minimum absolute atomic E-state index is 0.171. The van der Waals surface area contributed by atoms with Crippen molar-refractivity contribution in [3.8, 4) is 11.8 Å². The number of carbonyl (C=O) groups is 2. The Labute approximate surface area is 175 Å². The number of halogens is 1. The van der Waals surface area contributed by atoms with Crippen molar-refractivity contribution >= 4 is 29.2 Å². The molecule has 0 aliphatic carbocycles. The summed E-state index contributed by atoms with van der Waals surface area (Å²) in [4.78, 5) is 23.9. The highest BCUT2D eigenvalue weighted by Crippen LogP contribution is 2.32. The van der Waals surface area contributed by atoms with E-state index in [2.05, 4.69) is 11.4 Å². The Morgan fingerprint density at radius 1 is 1.17 bits per heavy atom. The van der Waals surface area contributed by atoms with E-state index in [1.54, 1.807) is 30.3 Å². The summed E-state index contributed by atoms with van der Waals surface area (Å²) in [5, 5.41) is 11.9. The molecule has 0 saturated heterocycles. The molecule has 0 aliphatic heterocycles. The van der Waals surface area contributed by atoms with Gasteiger partial charge in [-0.25, -0.2) is 4.79 Å². The predicted octanol–water partition coefficient (Wildman–Crippen LogP) is 4.40. The molecule has 0 aliphatic rings. The number of ether oxygens (including phenoxy) is 2. The highest BCUT2D eigenvalue weighted by molar-refractivity contribution is 6.31. The van der Waals surface area contributed by atoms with Gasteiger partial charge in [-0.05, 0) is 53.8 Å². The Kier molecular flexibility index (Phi) is 8.05. The van der Waals surface area contributed by atoms with Gasteiger partial charge in [-0.1, -0.05) is 37.6 Å². The van der Waals surface area contributed by atoms with E-state index < -0.39 is 18.5 Å². The van der Waals surface area contributed by atoms with Crippen molar-refractivity contribution in [2.45, 2.75) is 33.1 Å². The Balaban J connectivity index is 1.83. The monoisotopic (exact) mass is 414 g/mol. The third-order valence-corrected chi connectivity index (χ3v) is 4.55. The average Bonchev–Trinajstić information content (AvgIpc) is 2.68. The lowest BCUT2D eigenvalue weighted by molar-refractivity contribution is -0.149. The smallest absolute Gasteiger partial charge is 0.344 e. The maximum Gasteiger partial charge on any atom is 0.344 e. The quantitative estimate of drug-likeness (QED) is 0.647. The summed E-state index contributed by atoms with van der Waals surface area (Å²) in [6, 6.07) is 12.5. The number of anilines is 1. The van der Waals surface area contributed by atoms with Crippen LogP contribution in [0, 0.1) is 18.3 Å². The van der Waals surface area contributed by atoms with Gasteiger partial charge >= 0.3 is 5.97 Å². The van der Waals surface area contributed by atoms with Crippen LogP contribution in [0.4, 0.5) is 5.69 Å². The zero-order valence-electron chi connectivity index (χ0n) is 16.6. The molecule has 0 radical (unpaired) electrons. The zero-order valence-corrected chi connectivity index (χ0v) is 17.4. The molecular formula is C22H23ClN2O4. The lowest BCUT2D eigenvalue weighted by Gasteiger charge is -2.15. The second-order valence-corrected chi connectivity index (χ2v) is 7.23. The van der Waals surface area contributed by atoms with E-state index in [0.717, 1.165) is 16.7 Å². The Morgan fingerprint density at radius 3 is 2.48 bits per heavy atom. The van der Waals surface area contributed by atoms with E-state index in [0.29, 0.717) is 22.9 Å². The third-order valence-electron chi connectivity index (χ3n) is 4.14. The summed E-state index contributed by atoms with van der Waals surface area (Å²) in [5.74, 6) is -0.367. The summed E-state index contributed by atoms with van der Waals surface area (Å²) in [6.45, 7) is 5.14. The fourth-order valence-electron chi connectivity index (χ4n) is 2.57. The molecule has 0 bridgehead atoms. The van der Waals surface area contributed by atoms with Crippen LogP contribution in [0.5, 0.6) is 5.75 Å². The third kappa shape index (κ3) is 6.81. The summed E-state index contributed by atoms with van der Waals surface area (Å²) < 4.78 is 10.6. The van der Waals surface area contributed by atoms with Crippen LogP contribution in [0.1, 0.15) is 36.5 Å². The lowest BCUT2D eigenvalue weighted by Crippen LogP contribution is -2.23. The Hall–Kier alpha value is -3.04. The summed E-state index contributed by atoms with van der Waals surface area (Å²) in [5.41, 5.74) is 3.15. The number of nitrogens with zero attached hydrogens (tertiary/aromatic N) is 1. The van der Waals surface area contributed by atoms with E-state index in [-0.39, 0.29) is 12.5 Å². The van der Waals surface area contributed by atoms with E-state index in [1.165, 1.54) is 0 Å². The molecular weight excluding hydrogens is 392 g/mol. The number of aryl methyl sites for hydroxylation is 1. The minimum Gasteiger partial charge on any atom is -0.482 e. The number of hydrogen-bond acceptors (Lipinski definition) is 5. The molecule has 152 valence electrons. The van der Waals surface area contributed by atoms with Gasteiger partial charge < -0.3 is 14.8 Å². The normalized spacial score (nSPS) is 10.3. The molecule has 0 heterocycles. The fourth-order valence-corrected chi connectivity index (χ4v) is 2.74. The number of nitriles is 1. The number of carbonyl (C=O) groups excluding carboxylic acids is 2. The van der Waals surface area contributed by atoms with E-state index >= 15 is 0 Å². The molecule has 1 amide bonds. The Morgan fingerprint density at radius 2 is 1.86 bits per heavy atom. The topological polar surface area (TPSA) is 88.4 Å². The molecule has 2 rings (SSSR count). The summed E-state index contributed by atoms with van der Waals surface area (Å²) >= 11 is 6.16. The van der Waals surface area contributed by atoms with E-state index in [4.69, 9.17) is 26.3 Å². The van der Waals surface area contributed by atoms with Gasteiger partial charge in [-0.2, -0.15) is 5.26 Å². The highest BCUT2D eigenvalue weighted by Gasteiger charge is 2.14. The van der Waals surface area contributed by atoms with Crippen LogP contribution in [0.3, 0.4) is 0 Å². The van der Waals surface area contributed by atoms with Crippen LogP contribution in [-0.2, 0) is 20.7 Å². The first kappa shape index (κ1) is 22.3. The highest BCUT2D eigenvalue weighted by atomic mass is 35.5. The maximum atomic E-state index is 11.9. The van der Waals surface area contributed by atoms with Crippen molar-refractivity contribution < 1.29 is 19.1 Å².